The second-order valence-electron chi connectivity index (χ2n) is 16.8. The number of amides is 2. The van der Waals surface area contributed by atoms with Gasteiger partial charge in [0, 0.05) is 38.3 Å². The van der Waals surface area contributed by atoms with Crippen molar-refractivity contribution < 1.29 is 27.5 Å². The molecule has 2 saturated heterocycles. The van der Waals surface area contributed by atoms with Gasteiger partial charge in [-0.3, -0.25) is 0 Å². The maximum absolute atomic E-state index is 12.6. The van der Waals surface area contributed by atoms with Gasteiger partial charge in [0.25, 0.3) is 10.0 Å². The van der Waals surface area contributed by atoms with E-state index in [1.54, 1.807) is 52.8 Å². The lowest BCUT2D eigenvalue weighted by Gasteiger charge is -2.33. The Morgan fingerprint density at radius 1 is 0.794 bits per heavy atom. The van der Waals surface area contributed by atoms with Crippen LogP contribution in [0.15, 0.2) is 66.6 Å². The summed E-state index contributed by atoms with van der Waals surface area (Å²) in [6, 6.07) is 6.97. The zero-order valence-electron chi connectivity index (χ0n) is 36.2. The van der Waals surface area contributed by atoms with Crippen LogP contribution in [0.25, 0.3) is 22.8 Å². The van der Waals surface area contributed by atoms with Gasteiger partial charge in [-0.15, -0.1) is 0 Å². The van der Waals surface area contributed by atoms with Crippen molar-refractivity contribution in [3.8, 4) is 22.8 Å². The van der Waals surface area contributed by atoms with Crippen LogP contribution in [0.5, 0.6) is 0 Å². The van der Waals surface area contributed by atoms with E-state index in [-0.39, 0.29) is 50.9 Å². The fraction of sp³-hybridized carbons (Fsp3) is 0.463. The number of hydrogen-bond donors (Lipinski definition) is 3. The van der Waals surface area contributed by atoms with Gasteiger partial charge in [-0.1, -0.05) is 40.9 Å². The normalized spacial score (nSPS) is 15.1. The Morgan fingerprint density at radius 3 is 1.90 bits per heavy atom. The highest BCUT2D eigenvalue weighted by molar-refractivity contribution is 7.90. The van der Waals surface area contributed by atoms with Crippen LogP contribution in [0.3, 0.4) is 0 Å². The summed E-state index contributed by atoms with van der Waals surface area (Å²) in [5.74, 6) is 0.509. The molecule has 18 nitrogen and oxygen atoms in total. The lowest BCUT2D eigenvalue weighted by Crippen LogP contribution is -2.44. The summed E-state index contributed by atoms with van der Waals surface area (Å²) in [7, 11) is -3.73. The van der Waals surface area contributed by atoms with Crippen LogP contribution in [0.1, 0.15) is 72.8 Å². The molecule has 0 spiro atoms. The van der Waals surface area contributed by atoms with Crippen LogP contribution >= 0.6 is 34.8 Å². The number of ether oxygens (including phenoxy) is 2. The highest BCUT2D eigenvalue weighted by atomic mass is 35.5. The molecule has 2 amide bonds. The van der Waals surface area contributed by atoms with Gasteiger partial charge >= 0.3 is 12.2 Å². The highest BCUT2D eigenvalue weighted by Crippen LogP contribution is 2.27. The molecule has 0 aliphatic carbocycles. The molecule has 2 aliphatic heterocycles. The number of nitrogens with zero attached hydrogens (tertiary/aromatic N) is 9. The molecule has 0 radical (unpaired) electrons. The summed E-state index contributed by atoms with van der Waals surface area (Å²) >= 11 is 17.9. The molecule has 0 saturated carbocycles. The number of nitrogens with two attached hydrogens (primary N) is 1. The second-order valence-corrected chi connectivity index (χ2v) is 19.8. The maximum atomic E-state index is 12.6. The molecule has 7 rings (SSSR count). The quantitative estimate of drug-likeness (QED) is 0.138. The third kappa shape index (κ3) is 14.5. The molecular formula is C41H53Cl3N12O6S. The lowest BCUT2D eigenvalue weighted by atomic mass is 10.1. The van der Waals surface area contributed by atoms with Gasteiger partial charge in [-0.2, -0.15) is 0 Å². The van der Waals surface area contributed by atoms with Gasteiger partial charge in [-0.05, 0) is 97.9 Å². The zero-order valence-corrected chi connectivity index (χ0v) is 39.3. The third-order valence-corrected chi connectivity index (χ3v) is 11.6. The average Bonchev–Trinajstić information content (AvgIpc) is 3.94. The van der Waals surface area contributed by atoms with Gasteiger partial charge in [0.2, 0.25) is 11.2 Å². The molecule has 2 aliphatic rings. The third-order valence-electron chi connectivity index (χ3n) is 9.28. The van der Waals surface area contributed by atoms with E-state index in [9.17, 15) is 18.0 Å². The summed E-state index contributed by atoms with van der Waals surface area (Å²) < 4.78 is 36.8. The number of anilines is 1. The SMILES string of the molecule is CC(C)(C)OC(=O)N1CCC(N)CC1.CC(C)(C)OC(=O)N1CCC(Nc2ncc(Cl)c(-c3cnc[nH]3)n2)CC1.Cc1ccc(S(=O)(=O)n2cnc(-c3nc(Cl)ncc3Cl)c2)cc1. The first-order chi connectivity index (χ1) is 29.6. The molecule has 22 heteroatoms. The Hall–Kier alpha value is -5.08. The number of halogens is 3. The molecule has 2 fully saturated rings. The van der Waals surface area contributed by atoms with Gasteiger partial charge in [-0.25, -0.2) is 51.9 Å². The number of H-pyrrole nitrogens is 1. The second kappa shape index (κ2) is 21.1. The van der Waals surface area contributed by atoms with E-state index in [4.69, 9.17) is 50.0 Å². The van der Waals surface area contributed by atoms with Gasteiger partial charge in [0.1, 0.15) is 34.6 Å². The summed E-state index contributed by atoms with van der Waals surface area (Å²) in [6.45, 7) is 15.8. The molecule has 4 N–H and O–H groups in total. The van der Waals surface area contributed by atoms with Crippen molar-refractivity contribution in [3.05, 3.63) is 82.6 Å². The molecular weight excluding hydrogens is 895 g/mol. The van der Waals surface area contributed by atoms with E-state index in [0.717, 1.165) is 54.0 Å². The molecule has 63 heavy (non-hydrogen) atoms. The Balaban J connectivity index is 0.000000186. The summed E-state index contributed by atoms with van der Waals surface area (Å²) in [4.78, 5) is 54.8. The molecule has 340 valence electrons. The van der Waals surface area contributed by atoms with E-state index in [2.05, 4.69) is 40.2 Å². The molecule has 6 heterocycles. The predicted octanol–water partition coefficient (Wildman–Crippen LogP) is 7.87. The van der Waals surface area contributed by atoms with Crippen LogP contribution in [-0.2, 0) is 19.5 Å². The zero-order chi connectivity index (χ0) is 46.1. The van der Waals surface area contributed by atoms with Crippen molar-refractivity contribution in [2.24, 2.45) is 5.73 Å². The smallest absolute Gasteiger partial charge is 0.410 e. The average molecular weight is 948 g/mol. The number of nitrogens with one attached hydrogen (secondary N) is 2. The highest BCUT2D eigenvalue weighted by Gasteiger charge is 2.28. The number of carbonyl (C=O) groups excluding carboxylic acids is 2. The number of aromatic nitrogens is 8. The monoisotopic (exact) mass is 946 g/mol. The Bertz CT molecular complexity index is 2410. The summed E-state index contributed by atoms with van der Waals surface area (Å²) in [6.07, 6.45) is 11.5. The standard InChI is InChI=1S/C17H23ClN6O2.C14H10Cl2N4O2S.C10H20N2O2/c1-17(2,3)26-16(25)24-6-4-11(5-7-24)22-15-20-8-12(18)14(23-15)13-9-19-10-21-13;1-9-2-4-10(5-3-9)23(21,22)20-7-12(18-8-20)13-11(15)6-17-14(16)19-13;1-10(2,3)14-9(13)12-6-4-8(11)5-7-12/h8-11H,4-7H2,1-3H3,(H,19,21)(H,20,22,23);2-8H,1H3;8H,4-7,11H2,1-3H3. The topological polar surface area (TPSA) is 229 Å². The van der Waals surface area contributed by atoms with Crippen molar-refractivity contribution in [3.63, 3.8) is 0 Å². The van der Waals surface area contributed by atoms with Crippen LogP contribution in [-0.4, -0.2) is 119 Å². The first kappa shape index (κ1) is 48.9. The van der Waals surface area contributed by atoms with Crippen molar-refractivity contribution in [1.82, 2.24) is 48.7 Å². The van der Waals surface area contributed by atoms with Gasteiger partial charge in [0.05, 0.1) is 51.7 Å². The summed E-state index contributed by atoms with van der Waals surface area (Å²) in [5, 5.41) is 4.01. The van der Waals surface area contributed by atoms with Crippen molar-refractivity contribution >= 4 is 63.0 Å². The fourth-order valence-electron chi connectivity index (χ4n) is 6.05. The minimum atomic E-state index is -3.73. The Morgan fingerprint density at radius 2 is 1.35 bits per heavy atom. The summed E-state index contributed by atoms with van der Waals surface area (Å²) in [5.41, 5.74) is 7.73. The first-order valence-electron chi connectivity index (χ1n) is 20.1. The molecule has 4 aromatic heterocycles. The van der Waals surface area contributed by atoms with Gasteiger partial charge < -0.3 is 35.3 Å². The molecule has 0 unspecified atom stereocenters. The number of benzene rings is 1. The fourth-order valence-corrected chi connectivity index (χ4v) is 7.70. The van der Waals surface area contributed by atoms with E-state index < -0.39 is 21.2 Å². The number of likely N-dealkylation sites (tertiary alicyclic amines) is 2. The van der Waals surface area contributed by atoms with Crippen LogP contribution < -0.4 is 11.1 Å². The van der Waals surface area contributed by atoms with Crippen LogP contribution in [0, 0.1) is 6.92 Å². The number of aromatic amines is 1. The Kier molecular flexibility index (Phi) is 16.4. The lowest BCUT2D eigenvalue weighted by molar-refractivity contribution is 0.0197. The predicted molar refractivity (Wildman–Crippen MR) is 241 cm³/mol. The molecule has 5 aromatic rings. The van der Waals surface area contributed by atoms with E-state index >= 15 is 0 Å². The molecule has 0 bridgehead atoms. The number of rotatable bonds is 6. The largest absolute Gasteiger partial charge is 0.444 e. The molecule has 1 aromatic carbocycles. The van der Waals surface area contributed by atoms with Gasteiger partial charge in [0.15, 0.2) is 0 Å². The number of carbonyl (C=O) groups is 2. The minimum Gasteiger partial charge on any atom is -0.444 e. The number of piperidine rings is 2. The number of imidazole rings is 2. The number of aryl methyl sites for hydroxylation is 1. The van der Waals surface area contributed by atoms with Crippen molar-refractivity contribution in [1.29, 1.82) is 0 Å². The minimum absolute atomic E-state index is 0.000316. The first-order valence-corrected chi connectivity index (χ1v) is 22.7. The van der Waals surface area contributed by atoms with Crippen molar-refractivity contribution in [2.45, 2.75) is 102 Å². The maximum Gasteiger partial charge on any atom is 0.410 e. The molecule has 0 atom stereocenters. The van der Waals surface area contributed by atoms with Crippen LogP contribution in [0.4, 0.5) is 15.5 Å². The Labute approximate surface area is 382 Å². The van der Waals surface area contributed by atoms with Crippen molar-refractivity contribution in [2.75, 3.05) is 31.5 Å². The van der Waals surface area contributed by atoms with E-state index in [1.165, 1.54) is 18.7 Å². The number of hydrogen-bond acceptors (Lipinski definition) is 14. The van der Waals surface area contributed by atoms with E-state index in [1.807, 2.05) is 48.5 Å². The van der Waals surface area contributed by atoms with E-state index in [0.29, 0.717) is 29.8 Å². The van der Waals surface area contributed by atoms with Crippen LogP contribution in [0.2, 0.25) is 15.3 Å².